The summed E-state index contributed by atoms with van der Waals surface area (Å²) in [7, 11) is 1.59. The van der Waals surface area contributed by atoms with Crippen molar-refractivity contribution < 1.29 is 9.84 Å². The number of aliphatic hydroxyl groups excluding tert-OH is 1. The maximum Gasteiger partial charge on any atom is 0.125 e. The predicted molar refractivity (Wildman–Crippen MR) is 80.9 cm³/mol. The number of ether oxygens (including phenoxy) is 1. The van der Waals surface area contributed by atoms with Crippen molar-refractivity contribution >= 4 is 34.5 Å². The first-order valence-electron chi connectivity index (χ1n) is 5.72. The molecule has 1 aromatic heterocycles. The second-order valence-electron chi connectivity index (χ2n) is 4.38. The van der Waals surface area contributed by atoms with Crippen LogP contribution in [0.1, 0.15) is 28.4 Å². The number of halogens is 2. The van der Waals surface area contributed by atoms with Crippen molar-refractivity contribution in [1.82, 2.24) is 0 Å². The molecule has 1 unspecified atom stereocenters. The van der Waals surface area contributed by atoms with Crippen LogP contribution in [0.5, 0.6) is 5.75 Å². The van der Waals surface area contributed by atoms with Crippen molar-refractivity contribution in [2.45, 2.75) is 20.0 Å². The third kappa shape index (κ3) is 2.90. The molecule has 0 fully saturated rings. The second kappa shape index (κ2) is 5.71. The molecule has 5 heteroatoms. The summed E-state index contributed by atoms with van der Waals surface area (Å²) in [5.74, 6) is 0.656. The Labute approximate surface area is 126 Å². The first kappa shape index (κ1) is 14.7. The summed E-state index contributed by atoms with van der Waals surface area (Å²) in [4.78, 5) is 0. The Bertz CT molecular complexity index is 608. The predicted octanol–water partition coefficient (Wildman–Crippen LogP) is 4.76. The van der Waals surface area contributed by atoms with Crippen LogP contribution in [0.4, 0.5) is 0 Å². The van der Waals surface area contributed by atoms with Crippen molar-refractivity contribution in [3.05, 3.63) is 49.1 Å². The zero-order valence-corrected chi connectivity index (χ0v) is 13.2. The number of hydrogen-bond donors (Lipinski definition) is 1. The number of thiophene rings is 1. The SMILES string of the molecule is COc1cc(C)cc(C)c1C(O)c1cc(Cl)sc1Cl. The molecule has 0 radical (unpaired) electrons. The van der Waals surface area contributed by atoms with Gasteiger partial charge in [0.2, 0.25) is 0 Å². The summed E-state index contributed by atoms with van der Waals surface area (Å²) in [6.07, 6.45) is -0.841. The van der Waals surface area contributed by atoms with Crippen LogP contribution in [0.15, 0.2) is 18.2 Å². The van der Waals surface area contributed by atoms with Crippen LogP contribution in [0.3, 0.4) is 0 Å². The van der Waals surface area contributed by atoms with Crippen LogP contribution < -0.4 is 4.74 Å². The van der Waals surface area contributed by atoms with Crippen LogP contribution in [-0.2, 0) is 0 Å². The van der Waals surface area contributed by atoms with Crippen molar-refractivity contribution in [2.75, 3.05) is 7.11 Å². The van der Waals surface area contributed by atoms with Crippen LogP contribution in [-0.4, -0.2) is 12.2 Å². The van der Waals surface area contributed by atoms with Crippen molar-refractivity contribution in [3.63, 3.8) is 0 Å². The molecule has 1 atom stereocenters. The van der Waals surface area contributed by atoms with E-state index in [0.717, 1.165) is 16.7 Å². The molecule has 102 valence electrons. The summed E-state index contributed by atoms with van der Waals surface area (Å²) in [5, 5.41) is 10.6. The van der Waals surface area contributed by atoms with Gasteiger partial charge in [0.15, 0.2) is 0 Å². The van der Waals surface area contributed by atoms with E-state index in [1.54, 1.807) is 13.2 Å². The van der Waals surface area contributed by atoms with Gasteiger partial charge in [0.1, 0.15) is 16.2 Å². The van der Waals surface area contributed by atoms with E-state index in [1.807, 2.05) is 26.0 Å². The lowest BCUT2D eigenvalue weighted by molar-refractivity contribution is 0.214. The van der Waals surface area contributed by atoms with Gasteiger partial charge in [-0.2, -0.15) is 0 Å². The number of rotatable bonds is 3. The molecule has 1 aromatic carbocycles. The van der Waals surface area contributed by atoms with Gasteiger partial charge in [-0.1, -0.05) is 29.3 Å². The molecule has 0 aliphatic carbocycles. The smallest absolute Gasteiger partial charge is 0.125 e. The molecule has 2 aromatic rings. The largest absolute Gasteiger partial charge is 0.496 e. The number of benzene rings is 1. The van der Waals surface area contributed by atoms with Crippen LogP contribution in [0.2, 0.25) is 8.67 Å². The van der Waals surface area contributed by atoms with Gasteiger partial charge in [-0.25, -0.2) is 0 Å². The first-order chi connectivity index (χ1) is 8.93. The highest BCUT2D eigenvalue weighted by Gasteiger charge is 2.22. The molecular weight excluding hydrogens is 303 g/mol. The maximum absolute atomic E-state index is 10.6. The molecule has 0 bridgehead atoms. The molecule has 0 saturated carbocycles. The van der Waals surface area contributed by atoms with Crippen LogP contribution in [0.25, 0.3) is 0 Å². The number of hydrogen-bond acceptors (Lipinski definition) is 3. The Morgan fingerprint density at radius 3 is 2.42 bits per heavy atom. The van der Waals surface area contributed by atoms with E-state index in [-0.39, 0.29) is 0 Å². The van der Waals surface area contributed by atoms with E-state index in [2.05, 4.69) is 0 Å². The fraction of sp³-hybridized carbons (Fsp3) is 0.286. The van der Waals surface area contributed by atoms with Gasteiger partial charge in [0.25, 0.3) is 0 Å². The van der Waals surface area contributed by atoms with Gasteiger partial charge in [0.05, 0.1) is 11.4 Å². The molecule has 1 N–H and O–H groups in total. The summed E-state index contributed by atoms with van der Waals surface area (Å²) in [5.41, 5.74) is 3.38. The standard InChI is InChI=1S/C14H14Cl2O2S/c1-7-4-8(2)12(10(5-7)18-3)13(17)9-6-11(15)19-14(9)16/h4-6,13,17H,1-3H3. The van der Waals surface area contributed by atoms with Crippen molar-refractivity contribution in [2.24, 2.45) is 0 Å². The van der Waals surface area contributed by atoms with Gasteiger partial charge in [0, 0.05) is 11.1 Å². The summed E-state index contributed by atoms with van der Waals surface area (Å²) >= 11 is 13.3. The Morgan fingerprint density at radius 2 is 1.89 bits per heavy atom. The maximum atomic E-state index is 10.6. The lowest BCUT2D eigenvalue weighted by atomic mass is 9.96. The van der Waals surface area contributed by atoms with Gasteiger partial charge >= 0.3 is 0 Å². The second-order valence-corrected chi connectivity index (χ2v) is 6.67. The normalized spacial score (nSPS) is 12.5. The number of aryl methyl sites for hydroxylation is 2. The molecule has 0 aliphatic rings. The van der Waals surface area contributed by atoms with Crippen LogP contribution >= 0.6 is 34.5 Å². The van der Waals surface area contributed by atoms with Gasteiger partial charge in [-0.05, 0) is 37.1 Å². The molecule has 2 nitrogen and oxygen atoms in total. The van der Waals surface area contributed by atoms with Gasteiger partial charge in [-0.15, -0.1) is 11.3 Å². The van der Waals surface area contributed by atoms with Gasteiger partial charge < -0.3 is 9.84 Å². The van der Waals surface area contributed by atoms with Crippen molar-refractivity contribution in [1.29, 1.82) is 0 Å². The zero-order chi connectivity index (χ0) is 14.2. The minimum absolute atomic E-state index is 0.500. The lowest BCUT2D eigenvalue weighted by Gasteiger charge is -2.18. The van der Waals surface area contributed by atoms with E-state index in [0.29, 0.717) is 20.0 Å². The summed E-state index contributed by atoms with van der Waals surface area (Å²) < 4.78 is 6.42. The summed E-state index contributed by atoms with van der Waals surface area (Å²) in [6, 6.07) is 5.59. The molecule has 19 heavy (non-hydrogen) atoms. The Kier molecular flexibility index (Phi) is 4.41. The topological polar surface area (TPSA) is 29.5 Å². The first-order valence-corrected chi connectivity index (χ1v) is 7.29. The molecule has 1 heterocycles. The highest BCUT2D eigenvalue weighted by atomic mass is 35.5. The third-order valence-corrected chi connectivity index (χ3v) is 4.48. The molecule has 0 aliphatic heterocycles. The minimum atomic E-state index is -0.841. The monoisotopic (exact) mass is 316 g/mol. The average Bonchev–Trinajstić information content (AvgIpc) is 2.66. The van der Waals surface area contributed by atoms with Gasteiger partial charge in [-0.3, -0.25) is 0 Å². The molecular formula is C14H14Cl2O2S. The number of aliphatic hydroxyl groups is 1. The zero-order valence-electron chi connectivity index (χ0n) is 10.8. The Balaban J connectivity index is 2.55. The third-order valence-electron chi connectivity index (χ3n) is 2.96. The van der Waals surface area contributed by atoms with E-state index in [1.165, 1.54) is 11.3 Å². The minimum Gasteiger partial charge on any atom is -0.496 e. The Hall–Kier alpha value is -0.740. The van der Waals surface area contributed by atoms with E-state index < -0.39 is 6.10 Å². The summed E-state index contributed by atoms with van der Waals surface area (Å²) in [6.45, 7) is 3.93. The molecule has 0 amide bonds. The highest BCUT2D eigenvalue weighted by Crippen LogP contribution is 2.41. The fourth-order valence-corrected chi connectivity index (χ4v) is 3.67. The average molecular weight is 317 g/mol. The quantitative estimate of drug-likeness (QED) is 0.884. The molecule has 2 rings (SSSR count). The highest BCUT2D eigenvalue weighted by molar-refractivity contribution is 7.20. The Morgan fingerprint density at radius 1 is 1.21 bits per heavy atom. The van der Waals surface area contributed by atoms with Crippen LogP contribution in [0, 0.1) is 13.8 Å². The van der Waals surface area contributed by atoms with E-state index in [9.17, 15) is 5.11 Å². The fourth-order valence-electron chi connectivity index (χ4n) is 2.15. The molecule has 0 spiro atoms. The lowest BCUT2D eigenvalue weighted by Crippen LogP contribution is -2.05. The number of methoxy groups -OCH3 is 1. The van der Waals surface area contributed by atoms with Crippen molar-refractivity contribution in [3.8, 4) is 5.75 Å². The van der Waals surface area contributed by atoms with E-state index in [4.69, 9.17) is 27.9 Å². The molecule has 0 saturated heterocycles. The van der Waals surface area contributed by atoms with E-state index >= 15 is 0 Å².